The molecule has 0 N–H and O–H groups in total. The number of ether oxygens (including phenoxy) is 1. The second kappa shape index (κ2) is 6.44. The summed E-state index contributed by atoms with van der Waals surface area (Å²) in [6.45, 7) is 2.46. The second-order valence-corrected chi connectivity index (χ2v) is 6.62. The number of carbonyl (C=O) groups excluding carboxylic acids is 1. The number of imidazole rings is 1. The predicted octanol–water partition coefficient (Wildman–Crippen LogP) is 3.77. The first-order valence-electron chi connectivity index (χ1n) is 8.67. The molecule has 0 radical (unpaired) electrons. The van der Waals surface area contributed by atoms with E-state index in [9.17, 15) is 9.18 Å². The van der Waals surface area contributed by atoms with Crippen LogP contribution in [0.25, 0.3) is 5.65 Å². The van der Waals surface area contributed by atoms with Gasteiger partial charge >= 0.3 is 0 Å². The number of benzene rings is 1. The molecule has 134 valence electrons. The lowest BCUT2D eigenvalue weighted by molar-refractivity contribution is 0.0724. The van der Waals surface area contributed by atoms with E-state index in [1.807, 2.05) is 37.3 Å². The summed E-state index contributed by atoms with van der Waals surface area (Å²) in [5.41, 5.74) is 2.22. The molecule has 1 amide bonds. The van der Waals surface area contributed by atoms with Gasteiger partial charge in [0, 0.05) is 12.7 Å². The molecular weight excluding hydrogens is 333 g/mol. The molecule has 0 spiro atoms. The molecule has 2 aromatic heterocycles. The van der Waals surface area contributed by atoms with Crippen LogP contribution in [0.2, 0.25) is 0 Å². The Balaban J connectivity index is 1.70. The molecule has 1 aromatic carbocycles. The van der Waals surface area contributed by atoms with Crippen LogP contribution in [-0.4, -0.2) is 33.8 Å². The van der Waals surface area contributed by atoms with Crippen molar-refractivity contribution in [1.82, 2.24) is 14.3 Å². The summed E-state index contributed by atoms with van der Waals surface area (Å²) in [6.07, 6.45) is 3.37. The first kappa shape index (κ1) is 16.6. The number of likely N-dealkylation sites (tertiary alicyclic amines) is 1. The molecule has 0 saturated carbocycles. The van der Waals surface area contributed by atoms with Gasteiger partial charge in [0.15, 0.2) is 5.69 Å². The first-order valence-corrected chi connectivity index (χ1v) is 8.67. The Morgan fingerprint density at radius 2 is 2.15 bits per heavy atom. The number of fused-ring (bicyclic) bond motifs is 1. The van der Waals surface area contributed by atoms with Crippen LogP contribution >= 0.6 is 0 Å². The van der Waals surface area contributed by atoms with Crippen molar-refractivity contribution in [1.29, 1.82) is 0 Å². The molecule has 4 rings (SSSR count). The van der Waals surface area contributed by atoms with E-state index >= 15 is 0 Å². The van der Waals surface area contributed by atoms with E-state index in [-0.39, 0.29) is 17.6 Å². The highest BCUT2D eigenvalue weighted by molar-refractivity contribution is 5.93. The van der Waals surface area contributed by atoms with Crippen molar-refractivity contribution >= 4 is 11.6 Å². The Labute approximate surface area is 151 Å². The topological polar surface area (TPSA) is 46.8 Å². The minimum Gasteiger partial charge on any atom is -0.497 e. The minimum absolute atomic E-state index is 0.0939. The molecule has 5 nitrogen and oxygen atoms in total. The average Bonchev–Trinajstić information content (AvgIpc) is 3.27. The number of nitrogens with zero attached hydrogens (tertiary/aromatic N) is 3. The van der Waals surface area contributed by atoms with Crippen LogP contribution in [0.1, 0.15) is 40.5 Å². The second-order valence-electron chi connectivity index (χ2n) is 6.62. The number of hydrogen-bond acceptors (Lipinski definition) is 3. The SMILES string of the molecule is COc1cccc([C@@H]2CCCN2C(=O)c2nc3ccc(C)cn3c2F)c1. The van der Waals surface area contributed by atoms with Crippen LogP contribution in [0.4, 0.5) is 4.39 Å². The Morgan fingerprint density at radius 3 is 2.96 bits per heavy atom. The molecule has 26 heavy (non-hydrogen) atoms. The molecule has 1 atom stereocenters. The third-order valence-corrected chi connectivity index (χ3v) is 4.90. The molecule has 1 fully saturated rings. The molecule has 3 heterocycles. The van der Waals surface area contributed by atoms with Crippen LogP contribution in [-0.2, 0) is 0 Å². The molecule has 6 heteroatoms. The van der Waals surface area contributed by atoms with Gasteiger partial charge in [-0.05, 0) is 49.1 Å². The number of carbonyl (C=O) groups is 1. The summed E-state index contributed by atoms with van der Waals surface area (Å²) >= 11 is 0. The van der Waals surface area contributed by atoms with Gasteiger partial charge in [0.25, 0.3) is 5.91 Å². The Morgan fingerprint density at radius 1 is 1.31 bits per heavy atom. The van der Waals surface area contributed by atoms with Gasteiger partial charge in [0.05, 0.1) is 13.2 Å². The van der Waals surface area contributed by atoms with Gasteiger partial charge in [-0.2, -0.15) is 4.39 Å². The number of pyridine rings is 1. The highest BCUT2D eigenvalue weighted by atomic mass is 19.1. The van der Waals surface area contributed by atoms with Crippen molar-refractivity contribution in [2.24, 2.45) is 0 Å². The molecule has 0 unspecified atom stereocenters. The number of halogens is 1. The molecular formula is C20H20FN3O2. The molecule has 1 saturated heterocycles. The Hall–Kier alpha value is -2.89. The van der Waals surface area contributed by atoms with Crippen molar-refractivity contribution in [2.75, 3.05) is 13.7 Å². The average molecular weight is 353 g/mol. The third-order valence-electron chi connectivity index (χ3n) is 4.90. The maximum Gasteiger partial charge on any atom is 0.277 e. The van der Waals surface area contributed by atoms with Crippen LogP contribution in [0.3, 0.4) is 0 Å². The number of amides is 1. The quantitative estimate of drug-likeness (QED) is 0.720. The van der Waals surface area contributed by atoms with E-state index in [0.717, 1.165) is 29.7 Å². The number of aryl methyl sites for hydroxylation is 1. The summed E-state index contributed by atoms with van der Waals surface area (Å²) in [4.78, 5) is 19.0. The lowest BCUT2D eigenvalue weighted by atomic mass is 10.0. The summed E-state index contributed by atoms with van der Waals surface area (Å²) in [7, 11) is 1.62. The standard InChI is InChI=1S/C20H20FN3O2/c1-13-8-9-17-22-18(19(21)24(17)12-13)20(25)23-10-4-7-16(23)14-5-3-6-15(11-14)26-2/h3,5-6,8-9,11-12,16H,4,7,10H2,1-2H3/t16-/m0/s1. The van der Waals surface area contributed by atoms with Crippen LogP contribution in [0, 0.1) is 12.9 Å². The highest BCUT2D eigenvalue weighted by Gasteiger charge is 2.34. The highest BCUT2D eigenvalue weighted by Crippen LogP contribution is 2.34. The molecule has 0 bridgehead atoms. The van der Waals surface area contributed by atoms with Gasteiger partial charge in [-0.1, -0.05) is 18.2 Å². The van der Waals surface area contributed by atoms with Crippen molar-refractivity contribution < 1.29 is 13.9 Å². The van der Waals surface area contributed by atoms with Gasteiger partial charge in [0.1, 0.15) is 11.4 Å². The predicted molar refractivity (Wildman–Crippen MR) is 95.9 cm³/mol. The summed E-state index contributed by atoms with van der Waals surface area (Å²) in [6, 6.07) is 11.2. The normalized spacial score (nSPS) is 17.0. The van der Waals surface area contributed by atoms with Gasteiger partial charge in [0.2, 0.25) is 5.95 Å². The van der Waals surface area contributed by atoms with Crippen molar-refractivity contribution in [3.05, 3.63) is 65.4 Å². The van der Waals surface area contributed by atoms with Gasteiger partial charge in [-0.3, -0.25) is 9.20 Å². The van der Waals surface area contributed by atoms with Gasteiger partial charge in [-0.15, -0.1) is 0 Å². The fourth-order valence-corrected chi connectivity index (χ4v) is 3.60. The van der Waals surface area contributed by atoms with Gasteiger partial charge < -0.3 is 9.64 Å². The van der Waals surface area contributed by atoms with Crippen molar-refractivity contribution in [3.63, 3.8) is 0 Å². The smallest absolute Gasteiger partial charge is 0.277 e. The summed E-state index contributed by atoms with van der Waals surface area (Å²) in [5.74, 6) is -0.227. The van der Waals surface area contributed by atoms with Crippen LogP contribution in [0.5, 0.6) is 5.75 Å². The third kappa shape index (κ3) is 2.71. The summed E-state index contributed by atoms with van der Waals surface area (Å²) < 4.78 is 21.4. The van der Waals surface area contributed by atoms with E-state index in [1.165, 1.54) is 4.40 Å². The first-order chi connectivity index (χ1) is 12.6. The minimum atomic E-state index is -0.606. The zero-order valence-corrected chi connectivity index (χ0v) is 14.8. The zero-order valence-electron chi connectivity index (χ0n) is 14.8. The maximum absolute atomic E-state index is 14.8. The maximum atomic E-state index is 14.8. The van der Waals surface area contributed by atoms with E-state index in [4.69, 9.17) is 4.74 Å². The van der Waals surface area contributed by atoms with Gasteiger partial charge in [-0.25, -0.2) is 4.98 Å². The molecule has 0 aliphatic carbocycles. The fraction of sp³-hybridized carbons (Fsp3) is 0.300. The number of aromatic nitrogens is 2. The summed E-state index contributed by atoms with van der Waals surface area (Å²) in [5, 5.41) is 0. The van der Waals surface area contributed by atoms with Crippen LogP contribution < -0.4 is 4.74 Å². The molecule has 1 aliphatic rings. The van der Waals surface area contributed by atoms with E-state index in [0.29, 0.717) is 12.2 Å². The van der Waals surface area contributed by atoms with Crippen molar-refractivity contribution in [2.45, 2.75) is 25.8 Å². The number of rotatable bonds is 3. The van der Waals surface area contributed by atoms with Crippen molar-refractivity contribution in [3.8, 4) is 5.75 Å². The Bertz CT molecular complexity index is 982. The van der Waals surface area contributed by atoms with E-state index in [2.05, 4.69) is 4.98 Å². The van der Waals surface area contributed by atoms with E-state index < -0.39 is 5.95 Å². The number of hydrogen-bond donors (Lipinski definition) is 0. The number of methoxy groups -OCH3 is 1. The monoisotopic (exact) mass is 353 g/mol. The molecule has 3 aromatic rings. The van der Waals surface area contributed by atoms with Crippen LogP contribution in [0.15, 0.2) is 42.6 Å². The lowest BCUT2D eigenvalue weighted by Gasteiger charge is -2.24. The molecule has 1 aliphatic heterocycles. The fourth-order valence-electron chi connectivity index (χ4n) is 3.60. The van der Waals surface area contributed by atoms with E-state index in [1.54, 1.807) is 24.3 Å². The zero-order chi connectivity index (χ0) is 18.3. The largest absolute Gasteiger partial charge is 0.497 e. The lowest BCUT2D eigenvalue weighted by Crippen LogP contribution is -2.31. The Kier molecular flexibility index (Phi) is 4.11.